The van der Waals surface area contributed by atoms with Crippen LogP contribution in [0.15, 0.2) is 212 Å². The fourth-order valence-corrected chi connectivity index (χ4v) is 11.8. The summed E-state index contributed by atoms with van der Waals surface area (Å²) < 4.78 is 6.82. The number of nitriles is 3. The van der Waals surface area contributed by atoms with Crippen molar-refractivity contribution in [3.8, 4) is 46.4 Å². The van der Waals surface area contributed by atoms with Gasteiger partial charge in [-0.3, -0.25) is 0 Å². The van der Waals surface area contributed by atoms with Crippen LogP contribution in [0.4, 0.5) is 11.4 Å². The fraction of sp³-hybridized carbons (Fsp3) is 0.0317. The Hall–Kier alpha value is -9.87. The molecule has 12 aromatic rings. The lowest BCUT2D eigenvalue weighted by Gasteiger charge is -2.33. The Bertz CT molecular complexity index is 4150. The lowest BCUT2D eigenvalue weighted by Crippen LogP contribution is -2.30. The Balaban J connectivity index is 1.21. The zero-order chi connectivity index (χ0) is 46.6. The number of allylic oxidation sites excluding steroid dienone is 2. The van der Waals surface area contributed by atoms with Crippen molar-refractivity contribution in [2.45, 2.75) is 12.0 Å². The predicted molar refractivity (Wildman–Crippen MR) is 282 cm³/mol. The van der Waals surface area contributed by atoms with Gasteiger partial charge in [0.05, 0.1) is 67.8 Å². The van der Waals surface area contributed by atoms with E-state index in [0.29, 0.717) is 39.3 Å². The Morgan fingerprint density at radius 1 is 0.386 bits per heavy atom. The van der Waals surface area contributed by atoms with Gasteiger partial charge in [-0.2, -0.15) is 15.8 Å². The minimum atomic E-state index is -0.278. The Morgan fingerprint density at radius 3 is 1.34 bits per heavy atom. The summed E-state index contributed by atoms with van der Waals surface area (Å²) in [6.45, 7) is 0. The highest BCUT2D eigenvalue weighted by atomic mass is 15.2. The van der Waals surface area contributed by atoms with E-state index in [4.69, 9.17) is 0 Å². The Morgan fingerprint density at radius 2 is 0.843 bits per heavy atom. The van der Waals surface area contributed by atoms with Gasteiger partial charge < -0.3 is 18.6 Å². The molecule has 2 atom stereocenters. The maximum Gasteiger partial charge on any atom is 0.104 e. The maximum atomic E-state index is 12.2. The van der Waals surface area contributed by atoms with E-state index >= 15 is 0 Å². The van der Waals surface area contributed by atoms with Gasteiger partial charge in [0.2, 0.25) is 0 Å². The van der Waals surface area contributed by atoms with Crippen LogP contribution in [-0.4, -0.2) is 19.7 Å². The Labute approximate surface area is 402 Å². The molecule has 0 radical (unpaired) electrons. The van der Waals surface area contributed by atoms with Gasteiger partial charge >= 0.3 is 0 Å². The minimum absolute atomic E-state index is 0.101. The highest BCUT2D eigenvalue weighted by Crippen LogP contribution is 2.56. The molecule has 70 heavy (non-hydrogen) atoms. The quantitative estimate of drug-likeness (QED) is 0.172. The van der Waals surface area contributed by atoms with Crippen LogP contribution < -0.4 is 4.90 Å². The van der Waals surface area contributed by atoms with Crippen LogP contribution in [0.2, 0.25) is 0 Å². The summed E-state index contributed by atoms with van der Waals surface area (Å²) in [6, 6.07) is 72.3. The van der Waals surface area contributed by atoms with E-state index in [0.717, 1.165) is 87.9 Å². The summed E-state index contributed by atoms with van der Waals surface area (Å²) in [4.78, 5) is 2.29. The number of nitrogens with zero attached hydrogens (tertiary/aromatic N) is 7. The summed E-state index contributed by atoms with van der Waals surface area (Å²) in [5, 5.41) is 40.9. The number of hydrogen-bond donors (Lipinski definition) is 0. The van der Waals surface area contributed by atoms with Gasteiger partial charge in [0.15, 0.2) is 0 Å². The van der Waals surface area contributed by atoms with Crippen LogP contribution in [0.25, 0.3) is 93.6 Å². The molecule has 2 aliphatic rings. The van der Waals surface area contributed by atoms with Gasteiger partial charge in [0, 0.05) is 55.2 Å². The minimum Gasteiger partial charge on any atom is -0.331 e. The van der Waals surface area contributed by atoms with E-state index in [-0.39, 0.29) is 12.0 Å². The number of aromatic nitrogens is 3. The van der Waals surface area contributed by atoms with Gasteiger partial charge in [0.25, 0.3) is 0 Å². The molecule has 0 N–H and O–H groups in total. The van der Waals surface area contributed by atoms with E-state index < -0.39 is 0 Å². The van der Waals surface area contributed by atoms with Gasteiger partial charge in [0.1, 0.15) is 23.3 Å². The second kappa shape index (κ2) is 15.1. The van der Waals surface area contributed by atoms with Gasteiger partial charge in [-0.05, 0) is 77.9 Å². The molecule has 3 aromatic heterocycles. The first-order valence-electron chi connectivity index (χ1n) is 23.5. The third-order valence-electron chi connectivity index (χ3n) is 14.7. The first kappa shape index (κ1) is 39.3. The van der Waals surface area contributed by atoms with Crippen molar-refractivity contribution in [2.24, 2.45) is 0 Å². The van der Waals surface area contributed by atoms with Crippen molar-refractivity contribution in [1.29, 1.82) is 15.8 Å². The molecule has 0 saturated heterocycles. The third-order valence-corrected chi connectivity index (χ3v) is 14.7. The Kier molecular flexibility index (Phi) is 8.47. The molecule has 0 saturated carbocycles. The van der Waals surface area contributed by atoms with E-state index in [2.05, 4.69) is 195 Å². The van der Waals surface area contributed by atoms with Crippen LogP contribution >= 0.6 is 0 Å². The molecule has 0 amide bonds. The lowest BCUT2D eigenvalue weighted by molar-refractivity contribution is 0.743. The highest BCUT2D eigenvalue weighted by Gasteiger charge is 2.43. The number of anilines is 2. The largest absolute Gasteiger partial charge is 0.331 e. The molecule has 1 aliphatic heterocycles. The normalized spacial score (nSPS) is 15.0. The van der Waals surface area contributed by atoms with Crippen LogP contribution in [0.3, 0.4) is 0 Å². The number of benzene rings is 9. The molecular weight excluding hydrogens is 855 g/mol. The third kappa shape index (κ3) is 5.36. The average Bonchev–Trinajstić information content (AvgIpc) is 4.14. The van der Waals surface area contributed by atoms with Gasteiger partial charge in [-0.1, -0.05) is 146 Å². The van der Waals surface area contributed by atoms with Crippen molar-refractivity contribution < 1.29 is 0 Å². The average molecular weight is 892 g/mol. The van der Waals surface area contributed by atoms with Crippen LogP contribution in [0.5, 0.6) is 0 Å². The molecule has 0 fully saturated rings. The van der Waals surface area contributed by atoms with Crippen molar-refractivity contribution in [3.05, 3.63) is 235 Å². The molecule has 0 bridgehead atoms. The highest BCUT2D eigenvalue weighted by molar-refractivity contribution is 6.15. The van der Waals surface area contributed by atoms with Crippen LogP contribution in [-0.2, 0) is 0 Å². The number of hydrogen-bond acceptors (Lipinski definition) is 4. The molecule has 2 unspecified atom stereocenters. The van der Waals surface area contributed by atoms with Gasteiger partial charge in [-0.25, -0.2) is 0 Å². The predicted octanol–water partition coefficient (Wildman–Crippen LogP) is 15.0. The lowest BCUT2D eigenvalue weighted by atomic mass is 9.89. The summed E-state index contributed by atoms with van der Waals surface area (Å²) in [7, 11) is 0. The van der Waals surface area contributed by atoms with E-state index in [1.54, 1.807) is 0 Å². The standard InChI is InChI=1S/C63H37N7/c64-36-39-30-32-40(33-31-39)60-62(68-53-25-11-4-18-42(53)43-19-5-12-26-54(43)68)50(37-65)61(51(38-66)63(60)69-55-27-13-6-20-44(55)45-21-7-14-28-56(45)69)70-57-29-15-9-23-47(57)49-34-58-48(35-59(49)70)46-22-8-10-24-52(46)67(58)41-16-2-1-3-17-41/h1-35,47,57H. The molecule has 7 nitrogen and oxygen atoms in total. The van der Waals surface area contributed by atoms with Crippen molar-refractivity contribution in [3.63, 3.8) is 0 Å². The van der Waals surface area contributed by atoms with E-state index in [1.807, 2.05) is 54.6 Å². The summed E-state index contributed by atoms with van der Waals surface area (Å²) in [6.07, 6.45) is 8.68. The van der Waals surface area contributed by atoms with Crippen LogP contribution in [0, 0.1) is 34.0 Å². The first-order chi connectivity index (χ1) is 34.7. The number of rotatable bonds is 5. The van der Waals surface area contributed by atoms with E-state index in [1.165, 1.54) is 0 Å². The van der Waals surface area contributed by atoms with E-state index in [9.17, 15) is 15.8 Å². The molecule has 324 valence electrons. The second-order valence-corrected chi connectivity index (χ2v) is 18.1. The maximum absolute atomic E-state index is 12.2. The summed E-state index contributed by atoms with van der Waals surface area (Å²) >= 11 is 0. The summed E-state index contributed by atoms with van der Waals surface area (Å²) in [5.41, 5.74) is 13.6. The van der Waals surface area contributed by atoms with Crippen molar-refractivity contribution in [1.82, 2.24) is 13.7 Å². The number of fused-ring (bicyclic) bond motifs is 12. The fourth-order valence-electron chi connectivity index (χ4n) is 11.8. The molecule has 1 aliphatic carbocycles. The molecular formula is C63H37N7. The monoisotopic (exact) mass is 891 g/mol. The van der Waals surface area contributed by atoms with Crippen molar-refractivity contribution in [2.75, 3.05) is 4.90 Å². The molecule has 9 aromatic carbocycles. The molecule has 14 rings (SSSR count). The topological polar surface area (TPSA) is 89.4 Å². The second-order valence-electron chi connectivity index (χ2n) is 18.1. The molecule has 0 spiro atoms. The molecule has 4 heterocycles. The number of para-hydroxylation sites is 6. The molecule has 7 heteroatoms. The van der Waals surface area contributed by atoms with Crippen molar-refractivity contribution >= 4 is 76.8 Å². The SMILES string of the molecule is N#Cc1ccc(-c2c(-n3c4ccccc4c4ccccc43)c(C#N)c(N3c4cc5c6ccccc6n(-c6ccccc6)c5cc4C4C=CC=CC43)c(C#N)c2-n2c3ccccc3c3ccccc32)cc1. The zero-order valence-electron chi connectivity index (χ0n) is 37.5. The smallest absolute Gasteiger partial charge is 0.104 e. The van der Waals surface area contributed by atoms with Crippen LogP contribution in [0.1, 0.15) is 28.2 Å². The zero-order valence-corrected chi connectivity index (χ0v) is 37.5. The summed E-state index contributed by atoms with van der Waals surface area (Å²) in [5.74, 6) is -0.101. The first-order valence-corrected chi connectivity index (χ1v) is 23.5. The van der Waals surface area contributed by atoms with Gasteiger partial charge in [-0.15, -0.1) is 0 Å².